The third-order valence-corrected chi connectivity index (χ3v) is 3.11. The highest BCUT2D eigenvalue weighted by molar-refractivity contribution is 4.77. The second kappa shape index (κ2) is 9.21. The van der Waals surface area contributed by atoms with Crippen LogP contribution >= 0.6 is 0 Å². The molecule has 1 N–H and O–H groups in total. The normalized spacial score (nSPS) is 26.0. The maximum atomic E-state index is 3.64. The molecule has 15 heavy (non-hydrogen) atoms. The smallest absolute Gasteiger partial charge is 0.00696 e. The molecule has 0 unspecified atom stereocenters. The van der Waals surface area contributed by atoms with Crippen LogP contribution in [0.15, 0.2) is 0 Å². The first-order valence-corrected chi connectivity index (χ1v) is 6.98. The van der Waals surface area contributed by atoms with Gasteiger partial charge in [-0.05, 0) is 31.6 Å². The number of hydrogen-bond donors (Lipinski definition) is 1. The maximum absolute atomic E-state index is 3.64. The van der Waals surface area contributed by atoms with Crippen molar-refractivity contribution in [2.24, 2.45) is 5.92 Å². The lowest BCUT2D eigenvalue weighted by atomic mass is 9.83. The minimum atomic E-state index is 0. The van der Waals surface area contributed by atoms with Gasteiger partial charge in [-0.1, -0.05) is 47.5 Å². The minimum absolute atomic E-state index is 0. The van der Waals surface area contributed by atoms with Gasteiger partial charge < -0.3 is 5.32 Å². The molecule has 0 amide bonds. The average molecular weight is 215 g/mol. The Kier molecular flexibility index (Phi) is 9.18. The van der Waals surface area contributed by atoms with Gasteiger partial charge in [0.25, 0.3) is 0 Å². The van der Waals surface area contributed by atoms with Gasteiger partial charge in [-0.2, -0.15) is 0 Å². The molecule has 0 aromatic rings. The molecular weight excluding hydrogens is 182 g/mol. The average Bonchev–Trinajstić information content (AvgIpc) is 2.24. The second-order valence-corrected chi connectivity index (χ2v) is 4.83. The number of nitrogens with one attached hydrogen (secondary N) is 1. The summed E-state index contributed by atoms with van der Waals surface area (Å²) in [4.78, 5) is 0. The summed E-state index contributed by atoms with van der Waals surface area (Å²) in [5.41, 5.74) is 0. The van der Waals surface area contributed by atoms with Crippen molar-refractivity contribution in [2.45, 2.75) is 85.2 Å². The van der Waals surface area contributed by atoms with Crippen LogP contribution in [0.3, 0.4) is 0 Å². The van der Waals surface area contributed by atoms with Crippen LogP contribution in [0.1, 0.15) is 74.6 Å². The summed E-state index contributed by atoms with van der Waals surface area (Å²) < 4.78 is 0. The lowest BCUT2D eigenvalue weighted by Gasteiger charge is -2.30. The lowest BCUT2D eigenvalue weighted by Crippen LogP contribution is -2.37. The van der Waals surface area contributed by atoms with Gasteiger partial charge in [-0.3, -0.25) is 0 Å². The Balaban J connectivity index is 0. The van der Waals surface area contributed by atoms with E-state index in [1.807, 2.05) is 13.8 Å². The van der Waals surface area contributed by atoms with Gasteiger partial charge in [0.15, 0.2) is 0 Å². The van der Waals surface area contributed by atoms with Crippen molar-refractivity contribution in [1.29, 1.82) is 0 Å². The van der Waals surface area contributed by atoms with Crippen LogP contribution in [-0.2, 0) is 0 Å². The zero-order valence-electron chi connectivity index (χ0n) is 11.5. The Morgan fingerprint density at radius 3 is 2.07 bits per heavy atom. The lowest BCUT2D eigenvalue weighted by molar-refractivity contribution is 0.269. The Morgan fingerprint density at radius 1 is 1.13 bits per heavy atom. The molecule has 0 radical (unpaired) electrons. The molecule has 0 aromatic carbocycles. The Labute approximate surface area is 98.5 Å². The molecule has 0 heterocycles. The second-order valence-electron chi connectivity index (χ2n) is 4.83. The fraction of sp³-hybridized carbons (Fsp3) is 1.00. The van der Waals surface area contributed by atoms with Gasteiger partial charge in [-0.15, -0.1) is 0 Å². The van der Waals surface area contributed by atoms with Crippen LogP contribution in [0.5, 0.6) is 0 Å². The van der Waals surface area contributed by atoms with Crippen LogP contribution in [-0.4, -0.2) is 12.1 Å². The Hall–Kier alpha value is -0.0400. The summed E-state index contributed by atoms with van der Waals surface area (Å²) >= 11 is 0. The summed E-state index contributed by atoms with van der Waals surface area (Å²) in [6, 6.07) is 1.47. The van der Waals surface area contributed by atoms with E-state index >= 15 is 0 Å². The van der Waals surface area contributed by atoms with Crippen LogP contribution < -0.4 is 5.32 Å². The first-order chi connectivity index (χ1) is 7.22. The quantitative estimate of drug-likeness (QED) is 0.722. The number of rotatable bonds is 4. The third kappa shape index (κ3) is 6.94. The molecule has 1 fully saturated rings. The van der Waals surface area contributed by atoms with E-state index in [0.29, 0.717) is 6.04 Å². The van der Waals surface area contributed by atoms with Gasteiger partial charge in [0.2, 0.25) is 0 Å². The van der Waals surface area contributed by atoms with E-state index in [0.717, 1.165) is 12.0 Å². The molecule has 1 nitrogen and oxygen atoms in total. The summed E-state index contributed by atoms with van der Waals surface area (Å²) in [7, 11) is 0. The zero-order valence-corrected chi connectivity index (χ0v) is 11.5. The topological polar surface area (TPSA) is 12.0 Å². The molecule has 1 aliphatic carbocycles. The van der Waals surface area contributed by atoms with Gasteiger partial charge >= 0.3 is 0 Å². The first kappa shape index (κ1) is 15.0. The van der Waals surface area contributed by atoms with E-state index in [1.54, 1.807) is 0 Å². The van der Waals surface area contributed by atoms with Crippen LogP contribution in [0.4, 0.5) is 0 Å². The van der Waals surface area contributed by atoms with E-state index in [2.05, 4.69) is 26.1 Å². The molecule has 0 saturated heterocycles. The molecule has 0 atom stereocenters. The predicted molar refractivity (Wildman–Crippen MR) is 72.4 cm³/mol. The maximum Gasteiger partial charge on any atom is 0.00696 e. The third-order valence-electron chi connectivity index (χ3n) is 3.11. The van der Waals surface area contributed by atoms with Gasteiger partial charge in [-0.25, -0.2) is 0 Å². The molecule has 0 spiro atoms. The fourth-order valence-electron chi connectivity index (χ4n) is 2.50. The monoisotopic (exact) mass is 215 g/mol. The van der Waals surface area contributed by atoms with Crippen LogP contribution in [0.2, 0.25) is 0 Å². The van der Waals surface area contributed by atoms with E-state index < -0.39 is 0 Å². The molecule has 1 saturated carbocycles. The summed E-state index contributed by atoms with van der Waals surface area (Å²) in [5.74, 6) is 1.04. The molecule has 1 heteroatoms. The van der Waals surface area contributed by atoms with Crippen molar-refractivity contribution in [1.82, 2.24) is 5.32 Å². The van der Waals surface area contributed by atoms with Crippen LogP contribution in [0.25, 0.3) is 0 Å². The summed E-state index contributed by atoms with van der Waals surface area (Å²) in [6.45, 7) is 10.8. The van der Waals surface area contributed by atoms with Crippen molar-refractivity contribution >= 4 is 0 Å². The first-order valence-electron chi connectivity index (χ1n) is 6.98. The highest BCUT2D eigenvalue weighted by atomic mass is 14.9. The number of hydrogen-bond acceptors (Lipinski definition) is 1. The van der Waals surface area contributed by atoms with Crippen molar-refractivity contribution in [3.8, 4) is 0 Å². The van der Waals surface area contributed by atoms with Crippen molar-refractivity contribution in [3.63, 3.8) is 0 Å². The minimum Gasteiger partial charge on any atom is -0.312 e. The van der Waals surface area contributed by atoms with Gasteiger partial charge in [0.1, 0.15) is 0 Å². The zero-order chi connectivity index (χ0) is 11.7. The van der Waals surface area contributed by atoms with Crippen LogP contribution in [0, 0.1) is 5.92 Å². The highest BCUT2D eigenvalue weighted by Gasteiger charge is 2.20. The van der Waals surface area contributed by atoms with Gasteiger partial charge in [0, 0.05) is 13.5 Å². The fourth-order valence-corrected chi connectivity index (χ4v) is 2.50. The highest BCUT2D eigenvalue weighted by Crippen LogP contribution is 2.27. The largest absolute Gasteiger partial charge is 0.312 e. The molecule has 0 aliphatic heterocycles. The van der Waals surface area contributed by atoms with E-state index in [9.17, 15) is 0 Å². The molecule has 0 aromatic heterocycles. The van der Waals surface area contributed by atoms with Crippen molar-refractivity contribution in [3.05, 3.63) is 0 Å². The predicted octanol–water partition coefficient (Wildman–Crippen LogP) is 4.62. The molecule has 0 bridgehead atoms. The van der Waals surface area contributed by atoms with E-state index in [4.69, 9.17) is 0 Å². The SMILES string of the molecule is CC.CCCC1CCC(NC(C)C)CC1.[HH]. The molecule has 1 rings (SSSR count). The van der Waals surface area contributed by atoms with Crippen molar-refractivity contribution < 1.29 is 1.43 Å². The molecular formula is C14H33N. The van der Waals surface area contributed by atoms with Crippen molar-refractivity contribution in [2.75, 3.05) is 0 Å². The summed E-state index contributed by atoms with van der Waals surface area (Å²) in [6.07, 6.45) is 8.55. The summed E-state index contributed by atoms with van der Waals surface area (Å²) in [5, 5.41) is 3.64. The molecule has 94 valence electrons. The van der Waals surface area contributed by atoms with E-state index in [-0.39, 0.29) is 1.43 Å². The Bertz CT molecular complexity index is 129. The molecule has 1 aliphatic rings. The Morgan fingerprint density at radius 2 is 1.67 bits per heavy atom. The van der Waals surface area contributed by atoms with E-state index in [1.165, 1.54) is 38.5 Å². The standard InChI is InChI=1S/C12H25N.C2H6.H2/c1-4-5-11-6-8-12(9-7-11)13-10(2)3;1-2;/h10-13H,4-9H2,1-3H3;1-2H3;1H. The van der Waals surface area contributed by atoms with Gasteiger partial charge in [0.05, 0.1) is 0 Å².